The van der Waals surface area contributed by atoms with Gasteiger partial charge in [-0.2, -0.15) is 0 Å². The summed E-state index contributed by atoms with van der Waals surface area (Å²) in [5.74, 6) is 0.425. The highest BCUT2D eigenvalue weighted by molar-refractivity contribution is 14.0. The second kappa shape index (κ2) is 11.9. The number of hydrogen-bond donors (Lipinski definition) is 2. The van der Waals surface area contributed by atoms with Gasteiger partial charge in [-0.05, 0) is 6.42 Å². The lowest BCUT2D eigenvalue weighted by molar-refractivity contribution is -0.127. The van der Waals surface area contributed by atoms with Gasteiger partial charge in [0.1, 0.15) is 6.54 Å². The van der Waals surface area contributed by atoms with Crippen LogP contribution in [0, 0.1) is 0 Å². The Balaban J connectivity index is 0.00000576. The molecule has 0 bridgehead atoms. The average molecular weight is 491 g/mol. The van der Waals surface area contributed by atoms with Crippen LogP contribution in [0.1, 0.15) is 13.3 Å². The number of likely N-dealkylation sites (tertiary alicyclic amines) is 1. The van der Waals surface area contributed by atoms with Crippen molar-refractivity contribution in [2.75, 3.05) is 60.5 Å². The number of guanidine groups is 1. The molecule has 1 aliphatic heterocycles. The maximum absolute atomic E-state index is 12.1. The van der Waals surface area contributed by atoms with Crippen LogP contribution in [0.25, 0.3) is 0 Å². The highest BCUT2D eigenvalue weighted by atomic mass is 127. The molecule has 0 aliphatic carbocycles. The van der Waals surface area contributed by atoms with Crippen LogP contribution < -0.4 is 10.0 Å². The van der Waals surface area contributed by atoms with E-state index in [1.807, 2.05) is 4.90 Å². The first kappa shape index (κ1) is 24.3. The van der Waals surface area contributed by atoms with Gasteiger partial charge < -0.3 is 19.9 Å². The molecule has 0 aromatic heterocycles. The van der Waals surface area contributed by atoms with Crippen molar-refractivity contribution in [2.24, 2.45) is 4.99 Å². The Morgan fingerprint density at radius 2 is 2.08 bits per heavy atom. The van der Waals surface area contributed by atoms with Gasteiger partial charge in [0, 0.05) is 47.4 Å². The van der Waals surface area contributed by atoms with Gasteiger partial charge in [-0.3, -0.25) is 4.79 Å². The summed E-state index contributed by atoms with van der Waals surface area (Å²) in [6.07, 6.45) is 0.530. The fraction of sp³-hybridized carbons (Fsp3) is 0.857. The van der Waals surface area contributed by atoms with Crippen LogP contribution in [0.4, 0.5) is 0 Å². The molecule has 1 saturated heterocycles. The lowest BCUT2D eigenvalue weighted by atomic mass is 10.4. The number of halogens is 1. The van der Waals surface area contributed by atoms with Crippen LogP contribution in [0.5, 0.6) is 0 Å². The number of aliphatic imine (C=N–C) groups is 1. The maximum Gasteiger partial charge on any atom is 0.243 e. The zero-order valence-corrected chi connectivity index (χ0v) is 18.5. The molecule has 11 heteroatoms. The molecular formula is C14H30IN5O4S. The first-order valence-electron chi connectivity index (χ1n) is 8.02. The number of rotatable bonds is 8. The SMILES string of the molecule is CCNS(=O)(=O)C1CCN(C(=NCC(=O)N(C)C)NCCOC)C1.I. The van der Waals surface area contributed by atoms with Crippen molar-refractivity contribution >= 4 is 45.9 Å². The molecule has 0 aromatic rings. The zero-order chi connectivity index (χ0) is 18.2. The van der Waals surface area contributed by atoms with E-state index in [-0.39, 0.29) is 36.4 Å². The Labute approximate surface area is 167 Å². The highest BCUT2D eigenvalue weighted by Gasteiger charge is 2.34. The molecule has 0 radical (unpaired) electrons. The van der Waals surface area contributed by atoms with E-state index < -0.39 is 15.3 Å². The minimum absolute atomic E-state index is 0. The number of ether oxygens (including phenoxy) is 1. The van der Waals surface area contributed by atoms with Crippen molar-refractivity contribution in [2.45, 2.75) is 18.6 Å². The molecule has 1 fully saturated rings. The van der Waals surface area contributed by atoms with Crippen LogP contribution in [0.15, 0.2) is 4.99 Å². The fourth-order valence-electron chi connectivity index (χ4n) is 2.31. The fourth-order valence-corrected chi connectivity index (χ4v) is 3.74. The molecule has 1 heterocycles. The van der Waals surface area contributed by atoms with Crippen molar-refractivity contribution in [3.63, 3.8) is 0 Å². The van der Waals surface area contributed by atoms with Crippen LogP contribution in [-0.2, 0) is 19.6 Å². The van der Waals surface area contributed by atoms with E-state index in [0.29, 0.717) is 45.2 Å². The molecule has 1 aliphatic rings. The number of carbonyl (C=O) groups is 1. The lowest BCUT2D eigenvalue weighted by Gasteiger charge is -2.22. The number of sulfonamides is 1. The molecule has 2 N–H and O–H groups in total. The number of amides is 1. The summed E-state index contributed by atoms with van der Waals surface area (Å²) >= 11 is 0. The summed E-state index contributed by atoms with van der Waals surface area (Å²) in [6, 6.07) is 0. The Bertz CT molecular complexity index is 541. The monoisotopic (exact) mass is 491 g/mol. The largest absolute Gasteiger partial charge is 0.383 e. The predicted molar refractivity (Wildman–Crippen MR) is 109 cm³/mol. The number of likely N-dealkylation sites (N-methyl/N-ethyl adjacent to an activating group) is 1. The van der Waals surface area contributed by atoms with E-state index in [9.17, 15) is 13.2 Å². The molecule has 1 atom stereocenters. The van der Waals surface area contributed by atoms with E-state index in [4.69, 9.17) is 4.74 Å². The van der Waals surface area contributed by atoms with E-state index in [2.05, 4.69) is 15.0 Å². The summed E-state index contributed by atoms with van der Waals surface area (Å²) in [7, 11) is 1.62. The molecule has 1 rings (SSSR count). The minimum atomic E-state index is -3.32. The molecule has 148 valence electrons. The van der Waals surface area contributed by atoms with Gasteiger partial charge in [0.2, 0.25) is 15.9 Å². The molecule has 0 aromatic carbocycles. The molecule has 1 unspecified atom stereocenters. The topological polar surface area (TPSA) is 103 Å². The van der Waals surface area contributed by atoms with E-state index in [0.717, 1.165) is 0 Å². The highest BCUT2D eigenvalue weighted by Crippen LogP contribution is 2.16. The third-order valence-corrected chi connectivity index (χ3v) is 5.63. The van der Waals surface area contributed by atoms with Gasteiger partial charge in [0.15, 0.2) is 5.96 Å². The predicted octanol–water partition coefficient (Wildman–Crippen LogP) is -0.702. The van der Waals surface area contributed by atoms with Crippen LogP contribution in [-0.4, -0.2) is 95.9 Å². The molecular weight excluding hydrogens is 461 g/mol. The van der Waals surface area contributed by atoms with Crippen molar-refractivity contribution in [3.05, 3.63) is 0 Å². The van der Waals surface area contributed by atoms with Crippen molar-refractivity contribution < 1.29 is 17.9 Å². The zero-order valence-electron chi connectivity index (χ0n) is 15.3. The van der Waals surface area contributed by atoms with Crippen LogP contribution in [0.2, 0.25) is 0 Å². The first-order valence-corrected chi connectivity index (χ1v) is 9.57. The third kappa shape index (κ3) is 8.05. The second-order valence-corrected chi connectivity index (χ2v) is 7.79. The molecule has 0 saturated carbocycles. The standard InChI is InChI=1S/C14H29N5O4S.HI/c1-5-17-24(21,22)12-6-8-19(11-12)14(15-7-9-23-4)16-10-13(20)18(2)3;/h12,17H,5-11H2,1-4H3,(H,15,16);1H. The number of nitrogens with zero attached hydrogens (tertiary/aromatic N) is 3. The van der Waals surface area contributed by atoms with Crippen LogP contribution in [0.3, 0.4) is 0 Å². The van der Waals surface area contributed by atoms with E-state index >= 15 is 0 Å². The van der Waals surface area contributed by atoms with Crippen LogP contribution >= 0.6 is 24.0 Å². The number of methoxy groups -OCH3 is 1. The van der Waals surface area contributed by atoms with Crippen molar-refractivity contribution in [3.8, 4) is 0 Å². The molecule has 0 spiro atoms. The smallest absolute Gasteiger partial charge is 0.243 e. The Kier molecular flexibility index (Phi) is 11.5. The Hall–Kier alpha value is -0.660. The molecule has 25 heavy (non-hydrogen) atoms. The average Bonchev–Trinajstić information content (AvgIpc) is 3.01. The second-order valence-electron chi connectivity index (χ2n) is 5.75. The molecule has 1 amide bonds. The molecule has 9 nitrogen and oxygen atoms in total. The summed E-state index contributed by atoms with van der Waals surface area (Å²) in [4.78, 5) is 19.4. The van der Waals surface area contributed by atoms with E-state index in [1.54, 1.807) is 28.1 Å². The van der Waals surface area contributed by atoms with Crippen molar-refractivity contribution in [1.82, 2.24) is 19.8 Å². The summed E-state index contributed by atoms with van der Waals surface area (Å²) in [6.45, 7) is 4.11. The quantitative estimate of drug-likeness (QED) is 0.202. The first-order chi connectivity index (χ1) is 11.3. The summed E-state index contributed by atoms with van der Waals surface area (Å²) in [5.41, 5.74) is 0. The minimum Gasteiger partial charge on any atom is -0.383 e. The number of nitrogens with one attached hydrogen (secondary N) is 2. The van der Waals surface area contributed by atoms with E-state index in [1.165, 1.54) is 4.90 Å². The normalized spacial score (nSPS) is 18.0. The van der Waals surface area contributed by atoms with Crippen molar-refractivity contribution in [1.29, 1.82) is 0 Å². The lowest BCUT2D eigenvalue weighted by Crippen LogP contribution is -2.44. The number of carbonyl (C=O) groups excluding carboxylic acids is 1. The van der Waals surface area contributed by atoms with Gasteiger partial charge in [0.05, 0.1) is 11.9 Å². The summed E-state index contributed by atoms with van der Waals surface area (Å²) in [5, 5.41) is 2.65. The van der Waals surface area contributed by atoms with Gasteiger partial charge in [-0.15, -0.1) is 24.0 Å². The maximum atomic E-state index is 12.1. The van der Waals surface area contributed by atoms with Gasteiger partial charge in [-0.25, -0.2) is 18.1 Å². The number of hydrogen-bond acceptors (Lipinski definition) is 5. The van der Waals surface area contributed by atoms with Gasteiger partial charge in [-0.1, -0.05) is 6.92 Å². The third-order valence-electron chi connectivity index (χ3n) is 3.68. The Morgan fingerprint density at radius 3 is 2.64 bits per heavy atom. The summed E-state index contributed by atoms with van der Waals surface area (Å²) < 4.78 is 31.8. The Morgan fingerprint density at radius 1 is 1.40 bits per heavy atom. The van der Waals surface area contributed by atoms with Gasteiger partial charge in [0.25, 0.3) is 0 Å². The van der Waals surface area contributed by atoms with Gasteiger partial charge >= 0.3 is 0 Å².